The zero-order valence-corrected chi connectivity index (χ0v) is 12.9. The summed E-state index contributed by atoms with van der Waals surface area (Å²) in [5.41, 5.74) is -1.58. The highest BCUT2D eigenvalue weighted by atomic mass is 19.4. The van der Waals surface area contributed by atoms with Crippen LogP contribution in [0.15, 0.2) is 6.33 Å². The van der Waals surface area contributed by atoms with Crippen LogP contribution in [0, 0.1) is 0 Å². The van der Waals surface area contributed by atoms with E-state index in [0.717, 1.165) is 19.4 Å². The monoisotopic (exact) mass is 330 g/mol. The van der Waals surface area contributed by atoms with Crippen molar-refractivity contribution in [2.75, 3.05) is 26.2 Å². The minimum absolute atomic E-state index is 0.458. The average Bonchev–Trinajstić information content (AvgIpc) is 3.05. The number of nitrogens with one attached hydrogen (secondary N) is 1. The predicted octanol–water partition coefficient (Wildman–Crippen LogP) is 2.52. The lowest BCUT2D eigenvalue weighted by molar-refractivity contribution is -0.141. The van der Waals surface area contributed by atoms with E-state index in [1.807, 2.05) is 4.98 Å². The molecular weight excluding hydrogens is 309 g/mol. The van der Waals surface area contributed by atoms with E-state index in [0.29, 0.717) is 19.1 Å². The number of aromatic nitrogens is 2. The molecule has 0 bridgehead atoms. The van der Waals surface area contributed by atoms with Crippen LogP contribution in [0.25, 0.3) is 0 Å². The smallest absolute Gasteiger partial charge is 0.340 e. The van der Waals surface area contributed by atoms with Gasteiger partial charge in [0.25, 0.3) is 5.91 Å². The first-order chi connectivity index (χ1) is 11.0. The number of imidazole rings is 1. The van der Waals surface area contributed by atoms with Gasteiger partial charge in [-0.2, -0.15) is 13.2 Å². The molecular formula is C15H21F3N4O. The minimum Gasteiger partial charge on any atom is -0.340 e. The molecule has 1 aliphatic carbocycles. The van der Waals surface area contributed by atoms with Crippen molar-refractivity contribution < 1.29 is 18.0 Å². The van der Waals surface area contributed by atoms with Crippen molar-refractivity contribution in [3.8, 4) is 0 Å². The van der Waals surface area contributed by atoms with E-state index in [2.05, 4.69) is 9.88 Å². The van der Waals surface area contributed by atoms with Gasteiger partial charge in [0.1, 0.15) is 0 Å². The molecule has 2 heterocycles. The van der Waals surface area contributed by atoms with Crippen molar-refractivity contribution in [1.29, 1.82) is 0 Å². The fourth-order valence-corrected chi connectivity index (χ4v) is 3.56. The first-order valence-electron chi connectivity index (χ1n) is 8.10. The molecule has 1 aromatic rings. The Morgan fingerprint density at radius 3 is 2.39 bits per heavy atom. The second-order valence-electron chi connectivity index (χ2n) is 6.24. The minimum atomic E-state index is -4.59. The van der Waals surface area contributed by atoms with Gasteiger partial charge in [0.2, 0.25) is 0 Å². The van der Waals surface area contributed by atoms with Crippen molar-refractivity contribution >= 4 is 5.91 Å². The summed E-state index contributed by atoms with van der Waals surface area (Å²) in [5.74, 6) is -0.637. The summed E-state index contributed by atoms with van der Waals surface area (Å²) < 4.78 is 38.6. The second-order valence-corrected chi connectivity index (χ2v) is 6.24. The first kappa shape index (κ1) is 16.3. The molecule has 1 aliphatic heterocycles. The van der Waals surface area contributed by atoms with E-state index in [1.165, 1.54) is 37.0 Å². The molecule has 3 rings (SSSR count). The Labute approximate surface area is 132 Å². The molecule has 1 saturated carbocycles. The van der Waals surface area contributed by atoms with Crippen molar-refractivity contribution in [2.24, 2.45) is 0 Å². The van der Waals surface area contributed by atoms with Gasteiger partial charge in [-0.05, 0) is 12.8 Å². The summed E-state index contributed by atoms with van der Waals surface area (Å²) in [4.78, 5) is 21.8. The second kappa shape index (κ2) is 6.51. The van der Waals surface area contributed by atoms with E-state index in [9.17, 15) is 18.0 Å². The SMILES string of the molecule is O=C(c1nc[nH]c1C(F)(F)F)N1CCN(C2CCCCC2)CC1. The summed E-state index contributed by atoms with van der Waals surface area (Å²) in [5, 5.41) is 0. The number of carbonyl (C=O) groups excluding carboxylic acids is 1. The molecule has 1 amide bonds. The molecule has 0 spiro atoms. The van der Waals surface area contributed by atoms with E-state index < -0.39 is 23.5 Å². The molecule has 1 saturated heterocycles. The topological polar surface area (TPSA) is 52.2 Å². The number of piperazine rings is 1. The number of carbonyl (C=O) groups is 1. The highest BCUT2D eigenvalue weighted by Crippen LogP contribution is 2.30. The number of hydrogen-bond donors (Lipinski definition) is 1. The van der Waals surface area contributed by atoms with Gasteiger partial charge in [-0.3, -0.25) is 9.69 Å². The standard InChI is InChI=1S/C15H21F3N4O/c16-15(17,18)13-12(19-10-20-13)14(23)22-8-6-21(7-9-22)11-4-2-1-3-5-11/h10-11H,1-9H2,(H,19,20). The Morgan fingerprint density at radius 1 is 1.13 bits per heavy atom. The molecule has 1 aromatic heterocycles. The predicted molar refractivity (Wildman–Crippen MR) is 77.9 cm³/mol. The van der Waals surface area contributed by atoms with Crippen LogP contribution < -0.4 is 0 Å². The maximum absolute atomic E-state index is 12.9. The number of aromatic amines is 1. The quantitative estimate of drug-likeness (QED) is 0.906. The number of alkyl halides is 3. The third kappa shape index (κ3) is 3.52. The maximum atomic E-state index is 12.9. The van der Waals surface area contributed by atoms with Crippen LogP contribution in [0.3, 0.4) is 0 Å². The lowest BCUT2D eigenvalue weighted by atomic mass is 9.94. The Kier molecular flexibility index (Phi) is 4.61. The molecule has 0 atom stereocenters. The van der Waals surface area contributed by atoms with E-state index in [-0.39, 0.29) is 0 Å². The van der Waals surface area contributed by atoms with Crippen LogP contribution in [-0.2, 0) is 6.18 Å². The molecule has 5 nitrogen and oxygen atoms in total. The van der Waals surface area contributed by atoms with Gasteiger partial charge >= 0.3 is 6.18 Å². The van der Waals surface area contributed by atoms with Crippen molar-refractivity contribution in [3.63, 3.8) is 0 Å². The van der Waals surface area contributed by atoms with Gasteiger partial charge in [0, 0.05) is 32.2 Å². The molecule has 0 unspecified atom stereocenters. The van der Waals surface area contributed by atoms with Gasteiger partial charge in [-0.1, -0.05) is 19.3 Å². The number of nitrogens with zero attached hydrogens (tertiary/aromatic N) is 3. The molecule has 128 valence electrons. The number of halogens is 3. The summed E-state index contributed by atoms with van der Waals surface area (Å²) in [6, 6.07) is 0.567. The Balaban J connectivity index is 1.61. The molecule has 0 aromatic carbocycles. The Bertz CT molecular complexity index is 543. The van der Waals surface area contributed by atoms with Crippen LogP contribution in [0.1, 0.15) is 48.3 Å². The van der Waals surface area contributed by atoms with Crippen LogP contribution >= 0.6 is 0 Å². The highest BCUT2D eigenvalue weighted by Gasteiger charge is 2.39. The van der Waals surface area contributed by atoms with E-state index in [1.54, 1.807) is 0 Å². The van der Waals surface area contributed by atoms with Crippen LogP contribution in [0.5, 0.6) is 0 Å². The Hall–Kier alpha value is -1.57. The zero-order chi connectivity index (χ0) is 16.4. The number of hydrogen-bond acceptors (Lipinski definition) is 3. The lowest BCUT2D eigenvalue weighted by Crippen LogP contribution is -2.52. The van der Waals surface area contributed by atoms with Crippen LogP contribution in [0.2, 0.25) is 0 Å². The third-order valence-corrected chi connectivity index (χ3v) is 4.82. The highest BCUT2D eigenvalue weighted by molar-refractivity contribution is 5.93. The summed E-state index contributed by atoms with van der Waals surface area (Å²) in [6.07, 6.45) is 2.48. The summed E-state index contributed by atoms with van der Waals surface area (Å²) in [6.45, 7) is 2.36. The van der Waals surface area contributed by atoms with Gasteiger partial charge in [0.15, 0.2) is 11.4 Å². The summed E-state index contributed by atoms with van der Waals surface area (Å²) in [7, 11) is 0. The molecule has 1 N–H and O–H groups in total. The molecule has 2 aliphatic rings. The van der Waals surface area contributed by atoms with Crippen LogP contribution in [0.4, 0.5) is 13.2 Å². The number of rotatable bonds is 2. The molecule has 0 radical (unpaired) electrons. The molecule has 2 fully saturated rings. The fourth-order valence-electron chi connectivity index (χ4n) is 3.56. The lowest BCUT2D eigenvalue weighted by Gasteiger charge is -2.40. The molecule has 23 heavy (non-hydrogen) atoms. The van der Waals surface area contributed by atoms with Gasteiger partial charge in [-0.25, -0.2) is 4.98 Å². The largest absolute Gasteiger partial charge is 0.433 e. The maximum Gasteiger partial charge on any atom is 0.433 e. The fraction of sp³-hybridized carbons (Fsp3) is 0.733. The van der Waals surface area contributed by atoms with E-state index in [4.69, 9.17) is 0 Å². The Morgan fingerprint density at radius 2 is 1.78 bits per heavy atom. The van der Waals surface area contributed by atoms with E-state index >= 15 is 0 Å². The van der Waals surface area contributed by atoms with Gasteiger partial charge in [0.05, 0.1) is 6.33 Å². The number of amides is 1. The first-order valence-corrected chi connectivity index (χ1v) is 8.10. The van der Waals surface area contributed by atoms with Gasteiger partial charge < -0.3 is 9.88 Å². The van der Waals surface area contributed by atoms with Gasteiger partial charge in [-0.15, -0.1) is 0 Å². The normalized spacial score (nSPS) is 21.6. The molecule has 8 heteroatoms. The number of H-pyrrole nitrogens is 1. The van der Waals surface area contributed by atoms with Crippen LogP contribution in [-0.4, -0.2) is 57.9 Å². The van der Waals surface area contributed by atoms with Crippen molar-refractivity contribution in [3.05, 3.63) is 17.7 Å². The van der Waals surface area contributed by atoms with Crippen molar-refractivity contribution in [2.45, 2.75) is 44.3 Å². The van der Waals surface area contributed by atoms with Crippen molar-refractivity contribution in [1.82, 2.24) is 19.8 Å². The average molecular weight is 330 g/mol. The summed E-state index contributed by atoms with van der Waals surface area (Å²) >= 11 is 0. The zero-order valence-electron chi connectivity index (χ0n) is 12.9. The third-order valence-electron chi connectivity index (χ3n) is 4.82.